The predicted molar refractivity (Wildman–Crippen MR) is 94.3 cm³/mol. The standard InChI is InChI=1S/C18H19NO3S/c1-2-22-16-10-8-15(9-11-16)19-18(21)13-23-12-17(20)14-6-4-3-5-7-14/h3-11H,2,12-13H2,1H3,(H,19,21). The van der Waals surface area contributed by atoms with Gasteiger partial charge in [0.2, 0.25) is 5.91 Å². The molecule has 0 atom stereocenters. The molecule has 0 aliphatic carbocycles. The van der Waals surface area contributed by atoms with Crippen LogP contribution < -0.4 is 10.1 Å². The molecule has 4 nitrogen and oxygen atoms in total. The molecule has 0 spiro atoms. The van der Waals surface area contributed by atoms with Crippen molar-refractivity contribution in [1.29, 1.82) is 0 Å². The van der Waals surface area contributed by atoms with E-state index in [1.165, 1.54) is 11.8 Å². The van der Waals surface area contributed by atoms with Crippen LogP contribution in [0.5, 0.6) is 5.75 Å². The predicted octanol–water partition coefficient (Wildman–Crippen LogP) is 3.64. The number of amides is 1. The summed E-state index contributed by atoms with van der Waals surface area (Å²) in [6.07, 6.45) is 0. The van der Waals surface area contributed by atoms with E-state index in [2.05, 4.69) is 5.32 Å². The van der Waals surface area contributed by atoms with Crippen LogP contribution in [-0.2, 0) is 4.79 Å². The molecule has 1 amide bonds. The van der Waals surface area contributed by atoms with Gasteiger partial charge in [-0.3, -0.25) is 9.59 Å². The van der Waals surface area contributed by atoms with Gasteiger partial charge in [-0.25, -0.2) is 0 Å². The Morgan fingerprint density at radius 1 is 1.00 bits per heavy atom. The van der Waals surface area contributed by atoms with Gasteiger partial charge in [0.25, 0.3) is 0 Å². The fraction of sp³-hybridized carbons (Fsp3) is 0.222. The fourth-order valence-electron chi connectivity index (χ4n) is 1.94. The molecule has 0 saturated carbocycles. The van der Waals surface area contributed by atoms with Gasteiger partial charge in [0.1, 0.15) is 5.75 Å². The van der Waals surface area contributed by atoms with Gasteiger partial charge < -0.3 is 10.1 Å². The molecule has 2 aromatic carbocycles. The van der Waals surface area contributed by atoms with E-state index in [9.17, 15) is 9.59 Å². The Morgan fingerprint density at radius 2 is 1.70 bits per heavy atom. The van der Waals surface area contributed by atoms with E-state index in [-0.39, 0.29) is 17.4 Å². The molecular weight excluding hydrogens is 310 g/mol. The van der Waals surface area contributed by atoms with Crippen LogP contribution in [0.4, 0.5) is 5.69 Å². The highest BCUT2D eigenvalue weighted by molar-refractivity contribution is 8.00. The van der Waals surface area contributed by atoms with Crippen molar-refractivity contribution in [2.45, 2.75) is 6.92 Å². The number of anilines is 1. The van der Waals surface area contributed by atoms with Gasteiger partial charge in [0.15, 0.2) is 5.78 Å². The molecule has 1 N–H and O–H groups in total. The van der Waals surface area contributed by atoms with Gasteiger partial charge in [0.05, 0.1) is 18.1 Å². The number of hydrogen-bond donors (Lipinski definition) is 1. The van der Waals surface area contributed by atoms with Crippen molar-refractivity contribution in [3.8, 4) is 5.75 Å². The molecule has 23 heavy (non-hydrogen) atoms. The summed E-state index contributed by atoms with van der Waals surface area (Å²) in [6.45, 7) is 2.53. The van der Waals surface area contributed by atoms with Crippen LogP contribution in [0, 0.1) is 0 Å². The second-order valence-corrected chi connectivity index (χ2v) is 5.77. The van der Waals surface area contributed by atoms with Crippen molar-refractivity contribution in [2.75, 3.05) is 23.4 Å². The third kappa shape index (κ3) is 5.79. The summed E-state index contributed by atoms with van der Waals surface area (Å²) in [5, 5.41) is 2.80. The van der Waals surface area contributed by atoms with E-state index < -0.39 is 0 Å². The van der Waals surface area contributed by atoms with Crippen LogP contribution in [0.25, 0.3) is 0 Å². The largest absolute Gasteiger partial charge is 0.494 e. The number of ketones is 1. The van der Waals surface area contributed by atoms with Crippen LogP contribution in [0.15, 0.2) is 54.6 Å². The van der Waals surface area contributed by atoms with Crippen LogP contribution in [0.1, 0.15) is 17.3 Å². The highest BCUT2D eigenvalue weighted by atomic mass is 32.2. The first-order chi connectivity index (χ1) is 11.2. The Bertz CT molecular complexity index is 641. The van der Waals surface area contributed by atoms with Gasteiger partial charge in [-0.15, -0.1) is 11.8 Å². The van der Waals surface area contributed by atoms with Crippen LogP contribution in [-0.4, -0.2) is 29.8 Å². The van der Waals surface area contributed by atoms with Gasteiger partial charge in [-0.05, 0) is 31.2 Å². The Hall–Kier alpha value is -2.27. The van der Waals surface area contributed by atoms with Crippen LogP contribution in [0.2, 0.25) is 0 Å². The van der Waals surface area contributed by atoms with Crippen molar-refractivity contribution < 1.29 is 14.3 Å². The average molecular weight is 329 g/mol. The number of Topliss-reactive ketones (excluding diaryl/α,β-unsaturated/α-hetero) is 1. The first kappa shape index (κ1) is 17.1. The second kappa shape index (κ2) is 9.00. The summed E-state index contributed by atoms with van der Waals surface area (Å²) in [5.41, 5.74) is 1.39. The molecule has 0 saturated heterocycles. The summed E-state index contributed by atoms with van der Waals surface area (Å²) < 4.78 is 5.34. The van der Waals surface area contributed by atoms with Gasteiger partial charge in [0, 0.05) is 11.3 Å². The summed E-state index contributed by atoms with van der Waals surface area (Å²) in [5.74, 6) is 1.21. The van der Waals surface area contributed by atoms with E-state index >= 15 is 0 Å². The first-order valence-electron chi connectivity index (χ1n) is 7.37. The third-order valence-corrected chi connectivity index (χ3v) is 3.94. The Kier molecular flexibility index (Phi) is 6.69. The molecule has 0 fully saturated rings. The quantitative estimate of drug-likeness (QED) is 0.751. The van der Waals surface area contributed by atoms with Crippen LogP contribution >= 0.6 is 11.8 Å². The molecule has 0 aliphatic heterocycles. The zero-order valence-corrected chi connectivity index (χ0v) is 13.8. The van der Waals surface area contributed by atoms with Crippen molar-refractivity contribution in [2.24, 2.45) is 0 Å². The molecule has 2 rings (SSSR count). The highest BCUT2D eigenvalue weighted by Gasteiger charge is 2.08. The molecular formula is C18H19NO3S. The monoisotopic (exact) mass is 329 g/mol. The fourth-order valence-corrected chi connectivity index (χ4v) is 2.65. The second-order valence-electron chi connectivity index (χ2n) is 4.79. The number of nitrogens with one attached hydrogen (secondary N) is 1. The maximum absolute atomic E-state index is 11.9. The topological polar surface area (TPSA) is 55.4 Å². The van der Waals surface area contributed by atoms with Crippen LogP contribution in [0.3, 0.4) is 0 Å². The zero-order valence-electron chi connectivity index (χ0n) is 13.0. The summed E-state index contributed by atoms with van der Waals surface area (Å²) in [6, 6.07) is 16.3. The summed E-state index contributed by atoms with van der Waals surface area (Å²) in [7, 11) is 0. The Morgan fingerprint density at radius 3 is 2.35 bits per heavy atom. The minimum Gasteiger partial charge on any atom is -0.494 e. The smallest absolute Gasteiger partial charge is 0.234 e. The van der Waals surface area contributed by atoms with E-state index in [0.717, 1.165) is 5.75 Å². The van der Waals surface area contributed by atoms with E-state index in [0.29, 0.717) is 23.6 Å². The van der Waals surface area contributed by atoms with Crippen molar-refractivity contribution in [3.63, 3.8) is 0 Å². The normalized spacial score (nSPS) is 10.1. The lowest BCUT2D eigenvalue weighted by molar-refractivity contribution is -0.113. The van der Waals surface area contributed by atoms with Crippen molar-refractivity contribution >= 4 is 29.1 Å². The molecule has 0 aliphatic rings. The van der Waals surface area contributed by atoms with Crippen molar-refractivity contribution in [1.82, 2.24) is 0 Å². The number of rotatable bonds is 8. The molecule has 0 bridgehead atoms. The maximum atomic E-state index is 11.9. The molecule has 0 unspecified atom stereocenters. The minimum atomic E-state index is -0.125. The number of carbonyl (C=O) groups excluding carboxylic acids is 2. The minimum absolute atomic E-state index is 0.0319. The molecule has 0 heterocycles. The number of carbonyl (C=O) groups is 2. The number of ether oxygens (including phenoxy) is 1. The molecule has 120 valence electrons. The molecule has 0 radical (unpaired) electrons. The lowest BCUT2D eigenvalue weighted by Crippen LogP contribution is -2.15. The van der Waals surface area contributed by atoms with E-state index in [4.69, 9.17) is 4.74 Å². The van der Waals surface area contributed by atoms with Gasteiger partial charge >= 0.3 is 0 Å². The zero-order chi connectivity index (χ0) is 16.5. The highest BCUT2D eigenvalue weighted by Crippen LogP contribution is 2.16. The lowest BCUT2D eigenvalue weighted by Gasteiger charge is -2.07. The summed E-state index contributed by atoms with van der Waals surface area (Å²) in [4.78, 5) is 23.8. The molecule has 0 aromatic heterocycles. The number of thioether (sulfide) groups is 1. The number of hydrogen-bond acceptors (Lipinski definition) is 4. The van der Waals surface area contributed by atoms with E-state index in [1.54, 1.807) is 24.3 Å². The lowest BCUT2D eigenvalue weighted by atomic mass is 10.2. The number of benzene rings is 2. The Labute approximate surface area is 140 Å². The van der Waals surface area contributed by atoms with E-state index in [1.807, 2.05) is 37.3 Å². The van der Waals surface area contributed by atoms with Gasteiger partial charge in [-0.2, -0.15) is 0 Å². The maximum Gasteiger partial charge on any atom is 0.234 e. The van der Waals surface area contributed by atoms with Crippen molar-refractivity contribution in [3.05, 3.63) is 60.2 Å². The third-order valence-electron chi connectivity index (χ3n) is 3.01. The average Bonchev–Trinajstić information content (AvgIpc) is 2.57. The Balaban J connectivity index is 1.73. The molecule has 2 aromatic rings. The SMILES string of the molecule is CCOc1ccc(NC(=O)CSCC(=O)c2ccccc2)cc1. The van der Waals surface area contributed by atoms with Gasteiger partial charge in [-0.1, -0.05) is 30.3 Å². The first-order valence-corrected chi connectivity index (χ1v) is 8.53. The summed E-state index contributed by atoms with van der Waals surface area (Å²) >= 11 is 1.31. The molecule has 5 heteroatoms.